The van der Waals surface area contributed by atoms with Gasteiger partial charge in [-0.3, -0.25) is 4.79 Å². The number of para-hydroxylation sites is 1. The van der Waals surface area contributed by atoms with Crippen molar-refractivity contribution in [1.29, 1.82) is 0 Å². The molecule has 1 N–H and O–H groups in total. The van der Waals surface area contributed by atoms with Crippen LogP contribution in [0, 0.1) is 13.8 Å². The maximum atomic E-state index is 12.6. The number of nitrogens with one attached hydrogen (secondary N) is 1. The molecule has 0 saturated carbocycles. The molecule has 2 rings (SSSR count). The summed E-state index contributed by atoms with van der Waals surface area (Å²) >= 11 is 1.72. The van der Waals surface area contributed by atoms with E-state index in [2.05, 4.69) is 19.2 Å². The molecule has 0 saturated heterocycles. The van der Waals surface area contributed by atoms with Crippen LogP contribution in [0.15, 0.2) is 47.4 Å². The third kappa shape index (κ3) is 4.78. The monoisotopic (exact) mass is 343 g/mol. The number of anilines is 1. The van der Waals surface area contributed by atoms with Gasteiger partial charge in [0, 0.05) is 4.90 Å². The summed E-state index contributed by atoms with van der Waals surface area (Å²) < 4.78 is 5.91. The Labute approximate surface area is 148 Å². The van der Waals surface area contributed by atoms with Gasteiger partial charge in [-0.25, -0.2) is 0 Å². The highest BCUT2D eigenvalue weighted by Crippen LogP contribution is 2.27. The molecule has 24 heavy (non-hydrogen) atoms. The fourth-order valence-electron chi connectivity index (χ4n) is 2.34. The molecule has 0 aromatic heterocycles. The Balaban J connectivity index is 2.10. The first-order chi connectivity index (χ1) is 11.5. The number of ether oxygens (including phenoxy) is 1. The van der Waals surface area contributed by atoms with Crippen molar-refractivity contribution in [3.63, 3.8) is 0 Å². The topological polar surface area (TPSA) is 38.3 Å². The Morgan fingerprint density at radius 2 is 1.88 bits per heavy atom. The smallest absolute Gasteiger partial charge is 0.265 e. The zero-order chi connectivity index (χ0) is 17.5. The van der Waals surface area contributed by atoms with Gasteiger partial charge in [-0.2, -0.15) is 0 Å². The summed E-state index contributed by atoms with van der Waals surface area (Å²) in [5.74, 6) is 1.58. The first kappa shape index (κ1) is 18.4. The lowest BCUT2D eigenvalue weighted by molar-refractivity contribution is -0.122. The lowest BCUT2D eigenvalue weighted by Gasteiger charge is -2.19. The highest BCUT2D eigenvalue weighted by atomic mass is 32.2. The summed E-state index contributed by atoms with van der Waals surface area (Å²) in [7, 11) is 0. The van der Waals surface area contributed by atoms with E-state index in [9.17, 15) is 4.79 Å². The van der Waals surface area contributed by atoms with E-state index in [-0.39, 0.29) is 5.91 Å². The summed E-state index contributed by atoms with van der Waals surface area (Å²) in [4.78, 5) is 13.7. The minimum atomic E-state index is -0.508. The van der Waals surface area contributed by atoms with Crippen molar-refractivity contribution in [2.75, 3.05) is 11.1 Å². The van der Waals surface area contributed by atoms with Crippen LogP contribution in [0.25, 0.3) is 0 Å². The second-order valence-electron chi connectivity index (χ2n) is 5.68. The molecule has 0 aliphatic carbocycles. The predicted molar refractivity (Wildman–Crippen MR) is 102 cm³/mol. The lowest BCUT2D eigenvalue weighted by Crippen LogP contribution is -2.32. The summed E-state index contributed by atoms with van der Waals surface area (Å²) in [6, 6.07) is 13.8. The molecule has 0 aliphatic rings. The minimum Gasteiger partial charge on any atom is -0.481 e. The van der Waals surface area contributed by atoms with E-state index in [1.807, 2.05) is 56.3 Å². The van der Waals surface area contributed by atoms with Crippen molar-refractivity contribution in [2.24, 2.45) is 0 Å². The molecular formula is C20H25NO2S. The molecule has 0 spiro atoms. The molecule has 2 aromatic rings. The van der Waals surface area contributed by atoms with Crippen LogP contribution >= 0.6 is 11.8 Å². The number of hydrogen-bond donors (Lipinski definition) is 1. The molecule has 128 valence electrons. The van der Waals surface area contributed by atoms with Crippen LogP contribution in [0.3, 0.4) is 0 Å². The number of rotatable bonds is 7. The predicted octanol–water partition coefficient (Wildman–Crippen LogP) is 5.21. The molecule has 0 heterocycles. The fourth-order valence-corrected chi connectivity index (χ4v) is 3.10. The molecule has 1 atom stereocenters. The number of carbonyl (C=O) groups is 1. The standard InChI is InChI=1S/C20H25NO2S/c1-5-18(23-16-12-11-14(3)15(4)13-16)20(22)21-17-9-7-8-10-19(17)24-6-2/h7-13,18H,5-6H2,1-4H3,(H,21,22)/t18-/m1/s1. The molecule has 0 unspecified atom stereocenters. The normalized spacial score (nSPS) is 11.8. The molecule has 2 aromatic carbocycles. The molecule has 4 heteroatoms. The third-order valence-corrected chi connectivity index (χ3v) is 4.82. The van der Waals surface area contributed by atoms with E-state index in [1.165, 1.54) is 5.56 Å². The van der Waals surface area contributed by atoms with Crippen molar-refractivity contribution in [1.82, 2.24) is 0 Å². The van der Waals surface area contributed by atoms with Gasteiger partial charge in [-0.05, 0) is 61.4 Å². The van der Waals surface area contributed by atoms with Crippen molar-refractivity contribution in [3.8, 4) is 5.75 Å². The number of amides is 1. The van der Waals surface area contributed by atoms with Gasteiger partial charge in [-0.15, -0.1) is 11.8 Å². The minimum absolute atomic E-state index is 0.111. The largest absolute Gasteiger partial charge is 0.481 e. The van der Waals surface area contributed by atoms with Gasteiger partial charge in [0.25, 0.3) is 5.91 Å². The second kappa shape index (κ2) is 8.78. The van der Waals surface area contributed by atoms with Crippen LogP contribution in [0.4, 0.5) is 5.69 Å². The Hall–Kier alpha value is -1.94. The van der Waals surface area contributed by atoms with Gasteiger partial charge >= 0.3 is 0 Å². The lowest BCUT2D eigenvalue weighted by atomic mass is 10.1. The first-order valence-electron chi connectivity index (χ1n) is 8.31. The van der Waals surface area contributed by atoms with E-state index < -0.39 is 6.10 Å². The van der Waals surface area contributed by atoms with E-state index in [1.54, 1.807) is 11.8 Å². The SMILES string of the molecule is CCSc1ccccc1NC(=O)[C@@H](CC)Oc1ccc(C)c(C)c1. The van der Waals surface area contributed by atoms with E-state index in [0.29, 0.717) is 6.42 Å². The maximum absolute atomic E-state index is 12.6. The van der Waals surface area contributed by atoms with Crippen molar-refractivity contribution in [2.45, 2.75) is 45.1 Å². The summed E-state index contributed by atoms with van der Waals surface area (Å²) in [6.45, 7) is 8.16. The Kier molecular flexibility index (Phi) is 6.73. The van der Waals surface area contributed by atoms with Crippen LogP contribution in [0.1, 0.15) is 31.4 Å². The highest BCUT2D eigenvalue weighted by Gasteiger charge is 2.19. The molecule has 0 fully saturated rings. The van der Waals surface area contributed by atoms with Crippen LogP contribution in [0.2, 0.25) is 0 Å². The average Bonchev–Trinajstić information content (AvgIpc) is 2.57. The van der Waals surface area contributed by atoms with Gasteiger partial charge in [0.15, 0.2) is 6.10 Å². The van der Waals surface area contributed by atoms with Gasteiger partial charge in [0.2, 0.25) is 0 Å². The summed E-state index contributed by atoms with van der Waals surface area (Å²) in [5.41, 5.74) is 3.22. The summed E-state index contributed by atoms with van der Waals surface area (Å²) in [6.07, 6.45) is 0.105. The first-order valence-corrected chi connectivity index (χ1v) is 9.30. The zero-order valence-corrected chi connectivity index (χ0v) is 15.6. The van der Waals surface area contributed by atoms with E-state index in [4.69, 9.17) is 4.74 Å². The number of aryl methyl sites for hydroxylation is 2. The van der Waals surface area contributed by atoms with E-state index in [0.717, 1.165) is 27.6 Å². The Morgan fingerprint density at radius 3 is 2.54 bits per heavy atom. The van der Waals surface area contributed by atoms with Crippen LogP contribution < -0.4 is 10.1 Å². The number of hydrogen-bond acceptors (Lipinski definition) is 3. The van der Waals surface area contributed by atoms with Crippen molar-refractivity contribution < 1.29 is 9.53 Å². The second-order valence-corrected chi connectivity index (χ2v) is 6.99. The quantitative estimate of drug-likeness (QED) is 0.701. The average molecular weight is 343 g/mol. The van der Waals surface area contributed by atoms with E-state index >= 15 is 0 Å². The zero-order valence-electron chi connectivity index (χ0n) is 14.8. The van der Waals surface area contributed by atoms with Crippen LogP contribution in [-0.2, 0) is 4.79 Å². The summed E-state index contributed by atoms with van der Waals surface area (Å²) in [5, 5.41) is 3.01. The van der Waals surface area contributed by atoms with Gasteiger partial charge in [0.1, 0.15) is 5.75 Å². The van der Waals surface area contributed by atoms with Gasteiger partial charge in [-0.1, -0.05) is 32.0 Å². The maximum Gasteiger partial charge on any atom is 0.265 e. The molecule has 0 aliphatic heterocycles. The highest BCUT2D eigenvalue weighted by molar-refractivity contribution is 7.99. The molecule has 1 amide bonds. The van der Waals surface area contributed by atoms with Crippen molar-refractivity contribution in [3.05, 3.63) is 53.6 Å². The number of thioether (sulfide) groups is 1. The van der Waals surface area contributed by atoms with Crippen LogP contribution in [-0.4, -0.2) is 17.8 Å². The van der Waals surface area contributed by atoms with Crippen molar-refractivity contribution >= 4 is 23.4 Å². The van der Waals surface area contributed by atoms with Crippen LogP contribution in [0.5, 0.6) is 5.75 Å². The molecule has 0 bridgehead atoms. The van der Waals surface area contributed by atoms with Gasteiger partial charge in [0.05, 0.1) is 5.69 Å². The third-order valence-electron chi connectivity index (χ3n) is 3.86. The Bertz CT molecular complexity index is 700. The molecule has 3 nitrogen and oxygen atoms in total. The fraction of sp³-hybridized carbons (Fsp3) is 0.350. The number of benzene rings is 2. The molecule has 0 radical (unpaired) electrons. The van der Waals surface area contributed by atoms with Gasteiger partial charge < -0.3 is 10.1 Å². The molecular weight excluding hydrogens is 318 g/mol. The number of carbonyl (C=O) groups excluding carboxylic acids is 1. The Morgan fingerprint density at radius 1 is 1.12 bits per heavy atom.